The Balaban J connectivity index is 1.94. The van der Waals surface area contributed by atoms with Crippen molar-refractivity contribution in [2.45, 2.75) is 30.9 Å². The lowest BCUT2D eigenvalue weighted by molar-refractivity contribution is -0.146. The number of ether oxygens (including phenoxy) is 1. The van der Waals surface area contributed by atoms with Crippen molar-refractivity contribution in [1.29, 1.82) is 0 Å². The van der Waals surface area contributed by atoms with Gasteiger partial charge in [-0.1, -0.05) is 6.07 Å². The molecule has 4 N–H and O–H groups in total. The Morgan fingerprint density at radius 2 is 2.17 bits per heavy atom. The summed E-state index contributed by atoms with van der Waals surface area (Å²) in [5.41, 5.74) is 3.19. The van der Waals surface area contributed by atoms with Crippen LogP contribution in [0.1, 0.15) is 24.8 Å². The maximum atomic E-state index is 14.3. The van der Waals surface area contributed by atoms with E-state index in [1.165, 1.54) is 0 Å². The van der Waals surface area contributed by atoms with Crippen molar-refractivity contribution in [3.8, 4) is 0 Å². The van der Waals surface area contributed by atoms with Gasteiger partial charge in [-0.3, -0.25) is 14.7 Å². The number of nitrogens with one attached hydrogen (secondary N) is 1. The van der Waals surface area contributed by atoms with E-state index in [0.29, 0.717) is 12.1 Å². The zero-order valence-electron chi connectivity index (χ0n) is 17.1. The SMILES string of the molecule is CNC1CCN(CC(=O)OCCC(O)(CN=CN=CN)c2ccc(F)cc2F)CC1. The third kappa shape index (κ3) is 7.12. The molecule has 1 aliphatic rings. The van der Waals surface area contributed by atoms with Crippen LogP contribution in [-0.4, -0.2) is 74.5 Å². The number of carbonyl (C=O) groups is 1. The van der Waals surface area contributed by atoms with Crippen LogP contribution in [0.4, 0.5) is 8.78 Å². The third-order valence-electron chi connectivity index (χ3n) is 5.15. The standard InChI is InChI=1S/C20H29F2N5O3/c1-24-16-4-7-27(8-5-16)11-19(28)30-9-6-20(29,12-25-14-26-13-23)17-3-2-15(21)10-18(17)22/h2-3,10,13-14,16,24,29H,4-9,11-12H2,1H3,(H2,23,25,26). The molecular formula is C20H29F2N5O3. The first kappa shape index (κ1) is 23.8. The van der Waals surface area contributed by atoms with Crippen molar-refractivity contribution in [1.82, 2.24) is 10.2 Å². The molecule has 2 rings (SSSR count). The van der Waals surface area contributed by atoms with E-state index in [0.717, 1.165) is 50.7 Å². The number of aliphatic imine (C=N–C) groups is 2. The minimum Gasteiger partial charge on any atom is -0.465 e. The molecule has 166 valence electrons. The Bertz CT molecular complexity index is 754. The van der Waals surface area contributed by atoms with Crippen LogP contribution in [0, 0.1) is 11.6 Å². The second kappa shape index (κ2) is 11.7. The van der Waals surface area contributed by atoms with Crippen molar-refractivity contribution in [3.63, 3.8) is 0 Å². The highest BCUT2D eigenvalue weighted by Crippen LogP contribution is 2.28. The van der Waals surface area contributed by atoms with Gasteiger partial charge >= 0.3 is 5.97 Å². The van der Waals surface area contributed by atoms with Gasteiger partial charge in [0.25, 0.3) is 0 Å². The van der Waals surface area contributed by atoms with Gasteiger partial charge in [0, 0.05) is 37.2 Å². The number of piperidine rings is 1. The molecule has 1 saturated heterocycles. The maximum absolute atomic E-state index is 14.3. The molecule has 0 amide bonds. The molecule has 0 aliphatic carbocycles. The van der Waals surface area contributed by atoms with E-state index >= 15 is 0 Å². The second-order valence-electron chi connectivity index (χ2n) is 7.22. The number of nitrogens with two attached hydrogens (primary N) is 1. The number of halogens is 2. The molecule has 0 bridgehead atoms. The van der Waals surface area contributed by atoms with Crippen molar-refractivity contribution in [3.05, 3.63) is 35.4 Å². The molecule has 8 nitrogen and oxygen atoms in total. The van der Waals surface area contributed by atoms with Crippen molar-refractivity contribution in [2.75, 3.05) is 39.8 Å². The smallest absolute Gasteiger partial charge is 0.320 e. The van der Waals surface area contributed by atoms with Gasteiger partial charge in [0.2, 0.25) is 0 Å². The fraction of sp³-hybridized carbons (Fsp3) is 0.550. The number of carbonyl (C=O) groups excluding carboxylic acids is 1. The monoisotopic (exact) mass is 425 g/mol. The van der Waals surface area contributed by atoms with Gasteiger partial charge in [-0.15, -0.1) is 0 Å². The molecule has 30 heavy (non-hydrogen) atoms. The molecule has 1 atom stereocenters. The molecule has 1 aliphatic heterocycles. The average Bonchev–Trinajstić information content (AvgIpc) is 2.71. The summed E-state index contributed by atoms with van der Waals surface area (Å²) in [4.78, 5) is 21.7. The largest absolute Gasteiger partial charge is 0.465 e. The van der Waals surface area contributed by atoms with E-state index in [1.54, 1.807) is 0 Å². The minimum absolute atomic E-state index is 0.118. The number of hydrogen-bond donors (Lipinski definition) is 3. The number of benzene rings is 1. The molecule has 1 fully saturated rings. The summed E-state index contributed by atoms with van der Waals surface area (Å²) in [6.07, 6.45) is 3.93. The van der Waals surface area contributed by atoms with Crippen molar-refractivity contribution >= 4 is 18.6 Å². The van der Waals surface area contributed by atoms with E-state index in [9.17, 15) is 18.7 Å². The summed E-state index contributed by atoms with van der Waals surface area (Å²) >= 11 is 0. The van der Waals surface area contributed by atoms with Gasteiger partial charge in [-0.25, -0.2) is 13.8 Å². The van der Waals surface area contributed by atoms with E-state index in [2.05, 4.69) is 15.3 Å². The van der Waals surface area contributed by atoms with Gasteiger partial charge in [-0.05, 0) is 26.0 Å². The first-order valence-corrected chi connectivity index (χ1v) is 9.83. The molecule has 1 unspecified atom stereocenters. The molecule has 0 spiro atoms. The number of rotatable bonds is 10. The van der Waals surface area contributed by atoms with Gasteiger partial charge in [0.15, 0.2) is 0 Å². The van der Waals surface area contributed by atoms with E-state index < -0.39 is 23.2 Å². The molecule has 1 heterocycles. The lowest BCUT2D eigenvalue weighted by Crippen LogP contribution is -2.43. The van der Waals surface area contributed by atoms with Crippen LogP contribution in [0.5, 0.6) is 0 Å². The van der Waals surface area contributed by atoms with Gasteiger partial charge in [-0.2, -0.15) is 0 Å². The molecule has 1 aromatic carbocycles. The Morgan fingerprint density at radius 1 is 1.43 bits per heavy atom. The van der Waals surface area contributed by atoms with Crippen LogP contribution >= 0.6 is 0 Å². The number of nitrogens with zero attached hydrogens (tertiary/aromatic N) is 3. The molecular weight excluding hydrogens is 396 g/mol. The maximum Gasteiger partial charge on any atom is 0.320 e. The quantitative estimate of drug-likeness (QED) is 0.290. The Kier molecular flexibility index (Phi) is 9.28. The van der Waals surface area contributed by atoms with Crippen LogP contribution < -0.4 is 11.1 Å². The number of aliphatic hydroxyl groups is 1. The van der Waals surface area contributed by atoms with Crippen LogP contribution in [0.15, 0.2) is 28.2 Å². The van der Waals surface area contributed by atoms with E-state index in [1.807, 2.05) is 11.9 Å². The summed E-state index contributed by atoms with van der Waals surface area (Å²) in [6.45, 7) is 1.34. The highest BCUT2D eigenvalue weighted by molar-refractivity contribution is 5.71. The zero-order chi connectivity index (χ0) is 22.0. The number of esters is 1. The number of hydrogen-bond acceptors (Lipinski definition) is 6. The Morgan fingerprint density at radius 3 is 2.80 bits per heavy atom. The predicted octanol–water partition coefficient (Wildman–Crippen LogP) is 0.785. The fourth-order valence-electron chi connectivity index (χ4n) is 3.38. The second-order valence-corrected chi connectivity index (χ2v) is 7.22. The molecule has 0 radical (unpaired) electrons. The summed E-state index contributed by atoms with van der Waals surface area (Å²) in [7, 11) is 1.92. The lowest BCUT2D eigenvalue weighted by atomic mass is 9.90. The molecule has 1 aromatic rings. The van der Waals surface area contributed by atoms with Gasteiger partial charge < -0.3 is 20.9 Å². The Labute approximate surface area is 174 Å². The average molecular weight is 425 g/mol. The van der Waals surface area contributed by atoms with Crippen LogP contribution in [0.25, 0.3) is 0 Å². The van der Waals surface area contributed by atoms with E-state index in [-0.39, 0.29) is 31.7 Å². The van der Waals surface area contributed by atoms with Crippen LogP contribution in [0.3, 0.4) is 0 Å². The highest BCUT2D eigenvalue weighted by Gasteiger charge is 2.32. The zero-order valence-corrected chi connectivity index (χ0v) is 17.1. The lowest BCUT2D eigenvalue weighted by Gasteiger charge is -2.31. The summed E-state index contributed by atoms with van der Waals surface area (Å²) in [5.74, 6) is -2.09. The highest BCUT2D eigenvalue weighted by atomic mass is 19.1. The minimum atomic E-state index is -1.80. The van der Waals surface area contributed by atoms with Crippen molar-refractivity contribution < 1.29 is 23.4 Å². The van der Waals surface area contributed by atoms with Crippen molar-refractivity contribution in [2.24, 2.45) is 15.7 Å². The molecule has 0 aromatic heterocycles. The van der Waals surface area contributed by atoms with Gasteiger partial charge in [0.05, 0.1) is 26.0 Å². The predicted molar refractivity (Wildman–Crippen MR) is 110 cm³/mol. The summed E-state index contributed by atoms with van der Waals surface area (Å²) in [6, 6.07) is 3.34. The normalized spacial score (nSPS) is 18.1. The van der Waals surface area contributed by atoms with Crippen LogP contribution in [0.2, 0.25) is 0 Å². The first-order valence-electron chi connectivity index (χ1n) is 9.83. The van der Waals surface area contributed by atoms with Gasteiger partial charge in [0.1, 0.15) is 23.6 Å². The summed E-state index contributed by atoms with van der Waals surface area (Å²) in [5, 5.41) is 14.2. The topological polar surface area (TPSA) is 113 Å². The fourth-order valence-corrected chi connectivity index (χ4v) is 3.38. The Hall–Kier alpha value is -2.43. The first-order chi connectivity index (χ1) is 14.4. The number of likely N-dealkylation sites (tertiary alicyclic amines) is 1. The molecule has 0 saturated carbocycles. The van der Waals surface area contributed by atoms with Crippen LogP contribution in [-0.2, 0) is 15.1 Å². The summed E-state index contributed by atoms with van der Waals surface area (Å²) < 4.78 is 32.8. The van der Waals surface area contributed by atoms with E-state index in [4.69, 9.17) is 10.5 Å². The molecule has 10 heteroatoms. The third-order valence-corrected chi connectivity index (χ3v) is 5.15.